The van der Waals surface area contributed by atoms with Gasteiger partial charge in [0.25, 0.3) is 0 Å². The molecule has 0 spiro atoms. The molecule has 3 aliphatic rings. The van der Waals surface area contributed by atoms with Gasteiger partial charge in [0.1, 0.15) is 30.2 Å². The molecule has 28 heavy (non-hydrogen) atoms. The fraction of sp³-hybridized carbons (Fsp3) is 0.688. The predicted octanol–water partition coefficient (Wildman–Crippen LogP) is -3.46. The molecule has 0 aromatic heterocycles. The van der Waals surface area contributed by atoms with Crippen LogP contribution in [0.3, 0.4) is 0 Å². The van der Waals surface area contributed by atoms with Gasteiger partial charge in [0.15, 0.2) is 11.9 Å². The number of carboxylic acids is 1. The number of aliphatic carboxylic acids is 1. The summed E-state index contributed by atoms with van der Waals surface area (Å²) in [5.41, 5.74) is -2.60. The van der Waals surface area contributed by atoms with Crippen LogP contribution in [0.5, 0.6) is 0 Å². The number of carbonyl (C=O) groups is 1. The van der Waals surface area contributed by atoms with E-state index in [-0.39, 0.29) is 5.57 Å². The zero-order valence-electron chi connectivity index (χ0n) is 14.4. The first-order valence-corrected chi connectivity index (χ1v) is 8.45. The first-order chi connectivity index (χ1) is 13.2. The first-order valence-electron chi connectivity index (χ1n) is 8.45. The molecule has 0 saturated carbocycles. The molecule has 0 aromatic rings. The van der Waals surface area contributed by atoms with Crippen LogP contribution in [0.25, 0.3) is 0 Å². The van der Waals surface area contributed by atoms with Crippen LogP contribution in [-0.2, 0) is 19.0 Å². The Labute approximate surface area is 158 Å². The van der Waals surface area contributed by atoms with Gasteiger partial charge in [0, 0.05) is 5.92 Å². The minimum Gasteiger partial charge on any atom is -0.509 e. The largest absolute Gasteiger partial charge is 0.509 e. The van der Waals surface area contributed by atoms with Crippen molar-refractivity contribution in [3.63, 3.8) is 0 Å². The summed E-state index contributed by atoms with van der Waals surface area (Å²) in [6.45, 7) is -1.68. The lowest BCUT2D eigenvalue weighted by Crippen LogP contribution is -2.61. The van der Waals surface area contributed by atoms with Gasteiger partial charge < -0.3 is 55.1 Å². The van der Waals surface area contributed by atoms with Gasteiger partial charge in [0.05, 0.1) is 31.0 Å². The summed E-state index contributed by atoms with van der Waals surface area (Å²) in [6.07, 6.45) is -7.65. The molecule has 3 rings (SSSR count). The predicted molar refractivity (Wildman–Crippen MR) is 85.2 cm³/mol. The molecule has 0 unspecified atom stereocenters. The third kappa shape index (κ3) is 3.17. The fourth-order valence-electron chi connectivity index (χ4n) is 3.68. The smallest absolute Gasteiger partial charge is 0.335 e. The van der Waals surface area contributed by atoms with E-state index in [9.17, 15) is 45.6 Å². The second-order valence-corrected chi connectivity index (χ2v) is 6.90. The molecular weight excluding hydrogens is 384 g/mol. The van der Waals surface area contributed by atoms with E-state index in [0.29, 0.717) is 0 Å². The Morgan fingerprint density at radius 1 is 1.14 bits per heavy atom. The summed E-state index contributed by atoms with van der Waals surface area (Å²) in [7, 11) is 0. The van der Waals surface area contributed by atoms with E-state index < -0.39 is 79.4 Å². The van der Waals surface area contributed by atoms with Gasteiger partial charge in [-0.2, -0.15) is 0 Å². The van der Waals surface area contributed by atoms with Crippen molar-refractivity contribution in [2.45, 2.75) is 42.6 Å². The van der Waals surface area contributed by atoms with Gasteiger partial charge in [-0.3, -0.25) is 0 Å². The van der Waals surface area contributed by atoms with E-state index >= 15 is 0 Å². The van der Waals surface area contributed by atoms with E-state index in [1.807, 2.05) is 0 Å². The minimum atomic E-state index is -2.29. The summed E-state index contributed by atoms with van der Waals surface area (Å²) < 4.78 is 15.9. The third-order valence-corrected chi connectivity index (χ3v) is 5.31. The molecule has 2 aliphatic heterocycles. The Morgan fingerprint density at radius 3 is 2.39 bits per heavy atom. The van der Waals surface area contributed by atoms with Gasteiger partial charge in [-0.25, -0.2) is 4.79 Å². The average Bonchev–Trinajstić information content (AvgIpc) is 2.93. The summed E-state index contributed by atoms with van der Waals surface area (Å²) in [5.74, 6) is -4.49. The lowest BCUT2D eigenvalue weighted by atomic mass is 9.79. The summed E-state index contributed by atoms with van der Waals surface area (Å²) in [4.78, 5) is 11.4. The zero-order chi connectivity index (χ0) is 20.8. The maximum absolute atomic E-state index is 11.4. The van der Waals surface area contributed by atoms with Crippen LogP contribution in [0.4, 0.5) is 0 Å². The van der Waals surface area contributed by atoms with Crippen molar-refractivity contribution in [2.24, 2.45) is 11.8 Å². The van der Waals surface area contributed by atoms with E-state index in [1.165, 1.54) is 0 Å². The van der Waals surface area contributed by atoms with Gasteiger partial charge >= 0.3 is 5.97 Å². The maximum Gasteiger partial charge on any atom is 0.335 e. The van der Waals surface area contributed by atoms with Crippen molar-refractivity contribution in [2.75, 3.05) is 13.2 Å². The Morgan fingerprint density at radius 2 is 1.82 bits per heavy atom. The zero-order valence-corrected chi connectivity index (χ0v) is 14.4. The van der Waals surface area contributed by atoms with Crippen molar-refractivity contribution in [1.29, 1.82) is 0 Å². The number of carboxylic acid groups (broad SMARTS) is 1. The number of rotatable bonds is 5. The van der Waals surface area contributed by atoms with Crippen LogP contribution >= 0.6 is 0 Å². The van der Waals surface area contributed by atoms with E-state index in [0.717, 1.165) is 12.3 Å². The van der Waals surface area contributed by atoms with Crippen LogP contribution < -0.4 is 0 Å². The molecule has 158 valence electrons. The molecule has 0 aromatic carbocycles. The molecule has 2 heterocycles. The monoisotopic (exact) mass is 406 g/mol. The van der Waals surface area contributed by atoms with E-state index in [1.54, 1.807) is 0 Å². The summed E-state index contributed by atoms with van der Waals surface area (Å²) in [5, 5.41) is 78.5. The lowest BCUT2D eigenvalue weighted by Gasteiger charge is -2.44. The van der Waals surface area contributed by atoms with Crippen molar-refractivity contribution >= 4 is 5.97 Å². The van der Waals surface area contributed by atoms with Gasteiger partial charge in [-0.15, -0.1) is 0 Å². The number of aliphatic hydroxyl groups excluding tert-OH is 6. The van der Waals surface area contributed by atoms with Crippen LogP contribution in [-0.4, -0.2) is 103 Å². The molecule has 1 fully saturated rings. The second-order valence-electron chi connectivity index (χ2n) is 6.90. The average molecular weight is 406 g/mol. The van der Waals surface area contributed by atoms with Gasteiger partial charge in [-0.05, 0) is 6.08 Å². The minimum absolute atomic E-state index is 0.311. The Bertz CT molecular complexity index is 675. The number of fused-ring (bicyclic) bond motifs is 1. The maximum atomic E-state index is 11.4. The SMILES string of the molecule is O=C(O)C1=CO[C@H](O[C@@H]2O[C@H](CO)[C@@H](O)[C@H](O)[C@H]2O)[C@@H]2[C@H]1C=C(O)[C@]2(O)CO. The van der Waals surface area contributed by atoms with Crippen molar-refractivity contribution in [3.8, 4) is 0 Å². The number of aliphatic hydroxyl groups is 7. The molecule has 8 N–H and O–H groups in total. The Kier molecular flexibility index (Phi) is 5.67. The molecular formula is C16H22O12. The summed E-state index contributed by atoms with van der Waals surface area (Å²) >= 11 is 0. The molecule has 12 nitrogen and oxygen atoms in total. The molecule has 1 aliphatic carbocycles. The highest BCUT2D eigenvalue weighted by atomic mass is 16.8. The van der Waals surface area contributed by atoms with Gasteiger partial charge in [0.2, 0.25) is 6.29 Å². The molecule has 0 radical (unpaired) electrons. The molecule has 0 amide bonds. The Balaban J connectivity index is 1.88. The quantitative estimate of drug-likeness (QED) is 0.224. The van der Waals surface area contributed by atoms with Crippen LogP contribution in [0.15, 0.2) is 23.7 Å². The van der Waals surface area contributed by atoms with E-state index in [2.05, 4.69) is 0 Å². The highest BCUT2D eigenvalue weighted by molar-refractivity contribution is 5.88. The van der Waals surface area contributed by atoms with Gasteiger partial charge in [-0.1, -0.05) is 0 Å². The molecule has 12 heteroatoms. The number of hydrogen-bond acceptors (Lipinski definition) is 11. The molecule has 1 saturated heterocycles. The van der Waals surface area contributed by atoms with Crippen LogP contribution in [0, 0.1) is 11.8 Å². The highest BCUT2D eigenvalue weighted by Gasteiger charge is 2.59. The van der Waals surface area contributed by atoms with Crippen molar-refractivity contribution in [1.82, 2.24) is 0 Å². The van der Waals surface area contributed by atoms with Crippen molar-refractivity contribution in [3.05, 3.63) is 23.7 Å². The lowest BCUT2D eigenvalue weighted by molar-refractivity contribution is -0.347. The van der Waals surface area contributed by atoms with E-state index in [4.69, 9.17) is 14.2 Å². The topological polar surface area (TPSA) is 207 Å². The standard InChI is InChI=1S/C16H22O12/c17-2-7-10(20)11(21)12(22)15(27-7)28-14-9-5(6(3-26-14)13(23)24)1-8(19)16(9,25)4-18/h1,3,5,7,9-12,14-15,17-22,25H,2,4H2,(H,23,24)/t5-,7+,9-,10+,11-,12+,14+,15-,16+/m0/s1. The van der Waals surface area contributed by atoms with Crippen LogP contribution in [0.2, 0.25) is 0 Å². The molecule has 0 bridgehead atoms. The third-order valence-electron chi connectivity index (χ3n) is 5.31. The normalized spacial score (nSPS) is 45.6. The summed E-state index contributed by atoms with van der Waals surface area (Å²) in [6, 6.07) is 0. The number of hydrogen-bond donors (Lipinski definition) is 8. The first kappa shape index (κ1) is 21.0. The number of allylic oxidation sites excluding steroid dienone is 1. The second kappa shape index (κ2) is 7.57. The highest BCUT2D eigenvalue weighted by Crippen LogP contribution is 2.48. The number of ether oxygens (including phenoxy) is 3. The van der Waals surface area contributed by atoms with Crippen molar-refractivity contribution < 1.29 is 59.9 Å². The molecule has 9 atom stereocenters. The fourth-order valence-corrected chi connectivity index (χ4v) is 3.68. The Hall–Kier alpha value is -1.77. The van der Waals surface area contributed by atoms with Crippen LogP contribution in [0.1, 0.15) is 0 Å².